The number of rotatable bonds is 4. The van der Waals surface area contributed by atoms with E-state index in [0.29, 0.717) is 24.5 Å². The van der Waals surface area contributed by atoms with E-state index in [1.54, 1.807) is 18.7 Å². The monoisotopic (exact) mass is 294 g/mol. The fraction of sp³-hybridized carbons (Fsp3) is 0.533. The van der Waals surface area contributed by atoms with Gasteiger partial charge in [-0.25, -0.2) is 0 Å². The van der Waals surface area contributed by atoms with E-state index in [9.17, 15) is 9.90 Å². The quantitative estimate of drug-likeness (QED) is 0.829. The minimum absolute atomic E-state index is 0.0662. The highest BCUT2D eigenvalue weighted by Crippen LogP contribution is 2.23. The van der Waals surface area contributed by atoms with Gasteiger partial charge in [-0.3, -0.25) is 4.79 Å². The molecular formula is C15H22N2O2S. The summed E-state index contributed by atoms with van der Waals surface area (Å²) in [5.41, 5.74) is 5.44. The molecule has 0 aliphatic rings. The third-order valence-corrected chi connectivity index (χ3v) is 3.82. The second kappa shape index (κ2) is 6.89. The molecule has 3 N–H and O–H groups in total. The third kappa shape index (κ3) is 4.64. The molecule has 0 aliphatic carbocycles. The number of nitrogens with two attached hydrogens (primary N) is 1. The molecule has 1 aromatic heterocycles. The van der Waals surface area contributed by atoms with Crippen LogP contribution in [0.25, 0.3) is 0 Å². The summed E-state index contributed by atoms with van der Waals surface area (Å²) < 4.78 is 0. The number of hydrogen-bond acceptors (Lipinski definition) is 4. The van der Waals surface area contributed by atoms with Crippen LogP contribution in [0.3, 0.4) is 0 Å². The molecule has 4 nitrogen and oxygen atoms in total. The van der Waals surface area contributed by atoms with E-state index in [0.717, 1.165) is 10.4 Å². The van der Waals surface area contributed by atoms with E-state index in [1.807, 2.05) is 19.9 Å². The Kier molecular flexibility index (Phi) is 5.75. The third-order valence-electron chi connectivity index (χ3n) is 2.68. The van der Waals surface area contributed by atoms with Crippen LogP contribution in [0.4, 0.5) is 0 Å². The van der Waals surface area contributed by atoms with Crippen molar-refractivity contribution >= 4 is 17.2 Å². The maximum Gasteiger partial charge on any atom is 0.264 e. The summed E-state index contributed by atoms with van der Waals surface area (Å²) >= 11 is 1.38. The molecule has 0 aliphatic heterocycles. The van der Waals surface area contributed by atoms with E-state index in [4.69, 9.17) is 5.73 Å². The first kappa shape index (κ1) is 16.7. The zero-order valence-corrected chi connectivity index (χ0v) is 13.3. The molecule has 1 heterocycles. The maximum atomic E-state index is 12.4. The number of thiophene rings is 1. The Labute approximate surface area is 124 Å². The second-order valence-electron chi connectivity index (χ2n) is 5.26. The van der Waals surface area contributed by atoms with Crippen molar-refractivity contribution in [2.45, 2.75) is 33.3 Å². The van der Waals surface area contributed by atoms with Crippen LogP contribution in [0.15, 0.2) is 6.07 Å². The van der Waals surface area contributed by atoms with Crippen molar-refractivity contribution < 1.29 is 9.90 Å². The lowest BCUT2D eigenvalue weighted by atomic mass is 10.1. The normalized spacial score (nSPS) is 10.9. The van der Waals surface area contributed by atoms with Crippen molar-refractivity contribution in [3.63, 3.8) is 0 Å². The molecule has 0 unspecified atom stereocenters. The van der Waals surface area contributed by atoms with Crippen LogP contribution in [-0.4, -0.2) is 41.1 Å². The number of aryl methyl sites for hydroxylation is 1. The number of aliphatic hydroxyl groups is 1. The van der Waals surface area contributed by atoms with E-state index < -0.39 is 5.60 Å². The van der Waals surface area contributed by atoms with Crippen molar-refractivity contribution in [3.05, 3.63) is 21.4 Å². The zero-order valence-electron chi connectivity index (χ0n) is 12.5. The fourth-order valence-electron chi connectivity index (χ4n) is 1.79. The first-order valence-electron chi connectivity index (χ1n) is 6.59. The lowest BCUT2D eigenvalue weighted by Crippen LogP contribution is -2.41. The number of carbonyl (C=O) groups is 1. The van der Waals surface area contributed by atoms with Crippen molar-refractivity contribution in [2.24, 2.45) is 5.73 Å². The molecule has 0 bridgehead atoms. The Morgan fingerprint density at radius 1 is 1.55 bits per heavy atom. The Hall–Kier alpha value is -1.35. The Morgan fingerprint density at radius 2 is 2.20 bits per heavy atom. The number of hydrogen-bond donors (Lipinski definition) is 2. The van der Waals surface area contributed by atoms with Gasteiger partial charge in [0.2, 0.25) is 0 Å². The summed E-state index contributed by atoms with van der Waals surface area (Å²) in [5.74, 6) is 5.71. The fourth-order valence-corrected chi connectivity index (χ4v) is 2.81. The molecule has 1 aromatic rings. The molecule has 0 aromatic carbocycles. The van der Waals surface area contributed by atoms with Gasteiger partial charge in [0.25, 0.3) is 5.91 Å². The van der Waals surface area contributed by atoms with Crippen molar-refractivity contribution in [3.8, 4) is 11.8 Å². The van der Waals surface area contributed by atoms with Gasteiger partial charge in [0.05, 0.1) is 21.9 Å². The van der Waals surface area contributed by atoms with E-state index in [2.05, 4.69) is 11.8 Å². The molecule has 110 valence electrons. The van der Waals surface area contributed by atoms with Crippen LogP contribution in [0.5, 0.6) is 0 Å². The average molecular weight is 294 g/mol. The summed E-state index contributed by atoms with van der Waals surface area (Å²) in [6.07, 6.45) is 0. The molecule has 0 atom stereocenters. The first-order chi connectivity index (χ1) is 9.28. The lowest BCUT2D eigenvalue weighted by molar-refractivity contribution is 0.0317. The SMILES string of the molecule is CCN(CC(C)(C)O)C(=O)c1cc(C)c(C#CCN)s1. The predicted molar refractivity (Wildman–Crippen MR) is 82.9 cm³/mol. The van der Waals surface area contributed by atoms with Crippen molar-refractivity contribution in [1.82, 2.24) is 4.90 Å². The smallest absolute Gasteiger partial charge is 0.264 e. The molecule has 20 heavy (non-hydrogen) atoms. The van der Waals surface area contributed by atoms with Crippen LogP contribution in [0.2, 0.25) is 0 Å². The summed E-state index contributed by atoms with van der Waals surface area (Å²) in [6, 6.07) is 1.85. The van der Waals surface area contributed by atoms with Gasteiger partial charge in [-0.2, -0.15) is 0 Å². The van der Waals surface area contributed by atoms with Gasteiger partial charge in [0.15, 0.2) is 0 Å². The molecule has 1 rings (SSSR count). The van der Waals surface area contributed by atoms with Crippen LogP contribution in [0.1, 0.15) is 40.9 Å². The van der Waals surface area contributed by atoms with Crippen LogP contribution in [-0.2, 0) is 0 Å². The van der Waals surface area contributed by atoms with Crippen LogP contribution in [0, 0.1) is 18.8 Å². The highest BCUT2D eigenvalue weighted by atomic mass is 32.1. The molecule has 5 heteroatoms. The van der Waals surface area contributed by atoms with Gasteiger partial charge in [-0.1, -0.05) is 11.8 Å². The number of nitrogens with zero attached hydrogens (tertiary/aromatic N) is 1. The highest BCUT2D eigenvalue weighted by molar-refractivity contribution is 7.14. The maximum absolute atomic E-state index is 12.4. The molecule has 0 saturated carbocycles. The topological polar surface area (TPSA) is 66.6 Å². The Bertz CT molecular complexity index is 532. The van der Waals surface area contributed by atoms with Crippen LogP contribution >= 0.6 is 11.3 Å². The number of likely N-dealkylation sites (N-methyl/N-ethyl adjacent to an activating group) is 1. The largest absolute Gasteiger partial charge is 0.389 e. The van der Waals surface area contributed by atoms with E-state index >= 15 is 0 Å². The molecular weight excluding hydrogens is 272 g/mol. The van der Waals surface area contributed by atoms with Crippen molar-refractivity contribution in [1.29, 1.82) is 0 Å². The van der Waals surface area contributed by atoms with Gasteiger partial charge in [-0.15, -0.1) is 11.3 Å². The number of amides is 1. The molecule has 0 spiro atoms. The Morgan fingerprint density at radius 3 is 2.70 bits per heavy atom. The predicted octanol–water partition coefficient (Wildman–Crippen LogP) is 1.60. The summed E-state index contributed by atoms with van der Waals surface area (Å²) in [7, 11) is 0. The minimum atomic E-state index is -0.903. The average Bonchev–Trinajstić information content (AvgIpc) is 2.73. The van der Waals surface area contributed by atoms with Gasteiger partial charge in [-0.05, 0) is 39.3 Å². The summed E-state index contributed by atoms with van der Waals surface area (Å²) in [4.78, 5) is 15.6. The Balaban J connectivity index is 2.96. The second-order valence-corrected chi connectivity index (χ2v) is 6.31. The van der Waals surface area contributed by atoms with Crippen molar-refractivity contribution in [2.75, 3.05) is 19.6 Å². The van der Waals surface area contributed by atoms with E-state index in [1.165, 1.54) is 11.3 Å². The molecule has 0 fully saturated rings. The number of carbonyl (C=O) groups excluding carboxylic acids is 1. The summed E-state index contributed by atoms with van der Waals surface area (Å²) in [5, 5.41) is 9.86. The van der Waals surface area contributed by atoms with E-state index in [-0.39, 0.29) is 5.91 Å². The summed E-state index contributed by atoms with van der Waals surface area (Å²) in [6.45, 7) is 8.40. The van der Waals surface area contributed by atoms with Crippen LogP contribution < -0.4 is 5.73 Å². The highest BCUT2D eigenvalue weighted by Gasteiger charge is 2.23. The van der Waals surface area contributed by atoms with Gasteiger partial charge in [0, 0.05) is 13.1 Å². The van der Waals surface area contributed by atoms with Gasteiger partial charge >= 0.3 is 0 Å². The molecule has 0 radical (unpaired) electrons. The lowest BCUT2D eigenvalue weighted by Gasteiger charge is -2.27. The van der Waals surface area contributed by atoms with Gasteiger partial charge in [0.1, 0.15) is 0 Å². The molecule has 1 amide bonds. The zero-order chi connectivity index (χ0) is 15.3. The standard InChI is InChI=1S/C15H22N2O2S/c1-5-17(10-15(3,4)19)14(18)13-9-11(2)12(20-13)7-6-8-16/h9,19H,5,8,10,16H2,1-4H3. The molecule has 0 saturated heterocycles. The first-order valence-corrected chi connectivity index (χ1v) is 7.41. The minimum Gasteiger partial charge on any atom is -0.389 e. The van der Waals surface area contributed by atoms with Gasteiger partial charge < -0.3 is 15.7 Å².